The SMILES string of the molecule is CCN(CC)c1cc(Br)cc(OC)c1N. The molecule has 4 heteroatoms. The number of hydrogen-bond acceptors (Lipinski definition) is 3. The quantitative estimate of drug-likeness (QED) is 0.857. The molecule has 0 aliphatic heterocycles. The molecule has 0 unspecified atom stereocenters. The third-order valence-corrected chi connectivity index (χ3v) is 2.87. The number of benzene rings is 1. The van der Waals surface area contributed by atoms with Gasteiger partial charge in [-0.25, -0.2) is 0 Å². The third-order valence-electron chi connectivity index (χ3n) is 2.41. The molecular weight excluding hydrogens is 256 g/mol. The molecule has 0 radical (unpaired) electrons. The summed E-state index contributed by atoms with van der Waals surface area (Å²) >= 11 is 3.45. The summed E-state index contributed by atoms with van der Waals surface area (Å²) < 4.78 is 6.21. The van der Waals surface area contributed by atoms with E-state index in [1.165, 1.54) is 0 Å². The lowest BCUT2D eigenvalue weighted by Gasteiger charge is -2.24. The molecule has 0 fully saturated rings. The highest BCUT2D eigenvalue weighted by Gasteiger charge is 2.11. The van der Waals surface area contributed by atoms with Crippen molar-refractivity contribution in [3.8, 4) is 5.75 Å². The number of methoxy groups -OCH3 is 1. The van der Waals surface area contributed by atoms with E-state index in [0.29, 0.717) is 11.4 Å². The minimum atomic E-state index is 0.699. The highest BCUT2D eigenvalue weighted by molar-refractivity contribution is 9.10. The van der Waals surface area contributed by atoms with E-state index in [0.717, 1.165) is 23.2 Å². The molecule has 0 aromatic heterocycles. The molecule has 15 heavy (non-hydrogen) atoms. The van der Waals surface area contributed by atoms with Gasteiger partial charge in [-0.15, -0.1) is 0 Å². The molecule has 0 heterocycles. The Bertz CT molecular complexity index is 338. The molecule has 0 saturated carbocycles. The zero-order valence-corrected chi connectivity index (χ0v) is 11.0. The van der Waals surface area contributed by atoms with Crippen LogP contribution in [0.2, 0.25) is 0 Å². The second-order valence-electron chi connectivity index (χ2n) is 3.21. The van der Waals surface area contributed by atoms with Crippen molar-refractivity contribution in [2.75, 3.05) is 30.8 Å². The Balaban J connectivity index is 3.21. The minimum Gasteiger partial charge on any atom is -0.494 e. The number of ether oxygens (including phenoxy) is 1. The van der Waals surface area contributed by atoms with Crippen LogP contribution in [0.5, 0.6) is 5.75 Å². The van der Waals surface area contributed by atoms with Gasteiger partial charge >= 0.3 is 0 Å². The van der Waals surface area contributed by atoms with Gasteiger partial charge in [0.15, 0.2) is 0 Å². The largest absolute Gasteiger partial charge is 0.494 e. The first-order valence-corrected chi connectivity index (χ1v) is 5.81. The Morgan fingerprint density at radius 3 is 2.40 bits per heavy atom. The van der Waals surface area contributed by atoms with Crippen molar-refractivity contribution >= 4 is 27.3 Å². The fourth-order valence-corrected chi connectivity index (χ4v) is 2.00. The Kier molecular flexibility index (Phi) is 4.27. The van der Waals surface area contributed by atoms with E-state index in [9.17, 15) is 0 Å². The van der Waals surface area contributed by atoms with Gasteiger partial charge in [0.1, 0.15) is 5.75 Å². The van der Waals surface area contributed by atoms with Gasteiger partial charge in [-0.2, -0.15) is 0 Å². The minimum absolute atomic E-state index is 0.699. The Hall–Kier alpha value is -0.900. The van der Waals surface area contributed by atoms with Crippen LogP contribution >= 0.6 is 15.9 Å². The van der Waals surface area contributed by atoms with Gasteiger partial charge in [-0.3, -0.25) is 0 Å². The standard InChI is InChI=1S/C11H17BrN2O/c1-4-14(5-2)9-6-8(12)7-10(15-3)11(9)13/h6-7H,4-5,13H2,1-3H3. The molecule has 1 aromatic carbocycles. The van der Waals surface area contributed by atoms with Crippen LogP contribution in [0.15, 0.2) is 16.6 Å². The zero-order valence-electron chi connectivity index (χ0n) is 9.38. The van der Waals surface area contributed by atoms with Gasteiger partial charge < -0.3 is 15.4 Å². The number of halogens is 1. The number of hydrogen-bond donors (Lipinski definition) is 1. The molecule has 0 aliphatic rings. The smallest absolute Gasteiger partial charge is 0.145 e. The first kappa shape index (κ1) is 12.2. The lowest BCUT2D eigenvalue weighted by Crippen LogP contribution is -2.23. The monoisotopic (exact) mass is 272 g/mol. The van der Waals surface area contributed by atoms with E-state index in [1.807, 2.05) is 12.1 Å². The fraction of sp³-hybridized carbons (Fsp3) is 0.455. The molecule has 0 spiro atoms. The first-order valence-electron chi connectivity index (χ1n) is 5.02. The Morgan fingerprint density at radius 2 is 1.93 bits per heavy atom. The van der Waals surface area contributed by atoms with E-state index in [1.54, 1.807) is 7.11 Å². The summed E-state index contributed by atoms with van der Waals surface area (Å²) in [7, 11) is 1.63. The summed E-state index contributed by atoms with van der Waals surface area (Å²) in [4.78, 5) is 2.20. The Morgan fingerprint density at radius 1 is 1.33 bits per heavy atom. The molecular formula is C11H17BrN2O. The number of nitrogen functional groups attached to an aromatic ring is 1. The maximum absolute atomic E-state index is 6.03. The number of nitrogens with two attached hydrogens (primary N) is 1. The summed E-state index contributed by atoms with van der Waals surface area (Å²) in [5.74, 6) is 0.714. The van der Waals surface area contributed by atoms with Crippen LogP contribution in [0.25, 0.3) is 0 Å². The van der Waals surface area contributed by atoms with Gasteiger partial charge in [0.05, 0.1) is 18.5 Å². The van der Waals surface area contributed by atoms with E-state index >= 15 is 0 Å². The van der Waals surface area contributed by atoms with Crippen molar-refractivity contribution < 1.29 is 4.74 Å². The molecule has 1 aromatic rings. The third kappa shape index (κ3) is 2.56. The highest BCUT2D eigenvalue weighted by atomic mass is 79.9. The Labute approximate surface area is 99.3 Å². The normalized spacial score (nSPS) is 10.1. The van der Waals surface area contributed by atoms with E-state index in [4.69, 9.17) is 10.5 Å². The topological polar surface area (TPSA) is 38.5 Å². The zero-order chi connectivity index (χ0) is 11.4. The fourth-order valence-electron chi connectivity index (χ4n) is 1.57. The van der Waals surface area contributed by atoms with Crippen molar-refractivity contribution in [1.82, 2.24) is 0 Å². The van der Waals surface area contributed by atoms with Crippen LogP contribution in [0.4, 0.5) is 11.4 Å². The van der Waals surface area contributed by atoms with Gasteiger partial charge in [-0.1, -0.05) is 15.9 Å². The van der Waals surface area contributed by atoms with Crippen LogP contribution in [-0.2, 0) is 0 Å². The summed E-state index contributed by atoms with van der Waals surface area (Å²) in [6.07, 6.45) is 0. The predicted molar refractivity (Wildman–Crippen MR) is 68.7 cm³/mol. The van der Waals surface area contributed by atoms with Crippen molar-refractivity contribution in [2.45, 2.75) is 13.8 Å². The number of nitrogens with zero attached hydrogens (tertiary/aromatic N) is 1. The second kappa shape index (κ2) is 5.26. The molecule has 84 valence electrons. The highest BCUT2D eigenvalue weighted by Crippen LogP contribution is 2.35. The van der Waals surface area contributed by atoms with Crippen LogP contribution < -0.4 is 15.4 Å². The summed E-state index contributed by atoms with van der Waals surface area (Å²) in [6.45, 7) is 6.08. The first-order chi connectivity index (χ1) is 7.13. The summed E-state index contributed by atoms with van der Waals surface area (Å²) in [5, 5.41) is 0. The predicted octanol–water partition coefficient (Wildman–Crippen LogP) is 2.89. The van der Waals surface area contributed by atoms with Crippen molar-refractivity contribution in [3.05, 3.63) is 16.6 Å². The van der Waals surface area contributed by atoms with Gasteiger partial charge in [-0.05, 0) is 26.0 Å². The lowest BCUT2D eigenvalue weighted by molar-refractivity contribution is 0.416. The maximum atomic E-state index is 6.03. The molecule has 0 bridgehead atoms. The molecule has 0 saturated heterocycles. The van der Waals surface area contributed by atoms with Gasteiger partial charge in [0.2, 0.25) is 0 Å². The van der Waals surface area contributed by atoms with E-state index in [2.05, 4.69) is 34.7 Å². The second-order valence-corrected chi connectivity index (χ2v) is 4.13. The van der Waals surface area contributed by atoms with Gasteiger partial charge in [0, 0.05) is 17.6 Å². The van der Waals surface area contributed by atoms with Crippen molar-refractivity contribution in [3.63, 3.8) is 0 Å². The molecule has 0 amide bonds. The van der Waals surface area contributed by atoms with Crippen LogP contribution in [0.3, 0.4) is 0 Å². The average molecular weight is 273 g/mol. The summed E-state index contributed by atoms with van der Waals surface area (Å²) in [5.41, 5.74) is 7.75. The molecule has 3 nitrogen and oxygen atoms in total. The van der Waals surface area contributed by atoms with Gasteiger partial charge in [0.25, 0.3) is 0 Å². The number of anilines is 2. The average Bonchev–Trinajstić information content (AvgIpc) is 2.24. The molecule has 0 atom stereocenters. The summed E-state index contributed by atoms with van der Waals surface area (Å²) in [6, 6.07) is 3.90. The molecule has 1 rings (SSSR count). The van der Waals surface area contributed by atoms with E-state index in [-0.39, 0.29) is 0 Å². The van der Waals surface area contributed by atoms with E-state index < -0.39 is 0 Å². The lowest BCUT2D eigenvalue weighted by atomic mass is 10.2. The van der Waals surface area contributed by atoms with Crippen molar-refractivity contribution in [2.24, 2.45) is 0 Å². The maximum Gasteiger partial charge on any atom is 0.145 e. The van der Waals surface area contributed by atoms with Crippen LogP contribution in [-0.4, -0.2) is 20.2 Å². The van der Waals surface area contributed by atoms with Crippen molar-refractivity contribution in [1.29, 1.82) is 0 Å². The van der Waals surface area contributed by atoms with Crippen LogP contribution in [0, 0.1) is 0 Å². The number of rotatable bonds is 4. The van der Waals surface area contributed by atoms with Crippen LogP contribution in [0.1, 0.15) is 13.8 Å². The molecule has 0 aliphatic carbocycles. The molecule has 2 N–H and O–H groups in total.